The van der Waals surface area contributed by atoms with E-state index in [0.29, 0.717) is 14.9 Å². The van der Waals surface area contributed by atoms with Crippen molar-refractivity contribution >= 4 is 46.4 Å². The topological polar surface area (TPSA) is 55.4 Å². The van der Waals surface area contributed by atoms with Crippen molar-refractivity contribution in [1.82, 2.24) is 5.32 Å². The third kappa shape index (κ3) is 4.96. The van der Waals surface area contributed by atoms with Crippen LogP contribution in [0.1, 0.15) is 33.1 Å². The Hall–Kier alpha value is -1.56. The van der Waals surface area contributed by atoms with Crippen LogP contribution in [0, 0.1) is 6.92 Å². The van der Waals surface area contributed by atoms with E-state index in [4.69, 9.17) is 27.9 Å². The van der Waals surface area contributed by atoms with Crippen LogP contribution in [0.3, 0.4) is 0 Å². The number of hydrogen-bond acceptors (Lipinski definition) is 4. The highest BCUT2D eigenvalue weighted by Crippen LogP contribution is 2.25. The number of benzene rings is 1. The zero-order valence-electron chi connectivity index (χ0n) is 12.6. The smallest absolute Gasteiger partial charge is 0.348 e. The van der Waals surface area contributed by atoms with Crippen molar-refractivity contribution in [2.75, 3.05) is 6.61 Å². The SMILES string of the molecule is Cc1ccc(C(=O)OCC(=O)N[C@H](C)c2ccc(Cl)c(Cl)c2)s1. The molecule has 1 heterocycles. The Morgan fingerprint density at radius 3 is 2.57 bits per heavy atom. The second-order valence-corrected chi connectivity index (χ2v) is 7.05. The molecule has 1 aromatic carbocycles. The summed E-state index contributed by atoms with van der Waals surface area (Å²) in [4.78, 5) is 25.1. The lowest BCUT2D eigenvalue weighted by Crippen LogP contribution is -2.31. The fourth-order valence-corrected chi connectivity index (χ4v) is 2.96. The van der Waals surface area contributed by atoms with E-state index >= 15 is 0 Å². The Morgan fingerprint density at radius 2 is 1.96 bits per heavy atom. The minimum Gasteiger partial charge on any atom is -0.451 e. The molecule has 0 unspecified atom stereocenters. The highest BCUT2D eigenvalue weighted by atomic mass is 35.5. The molecule has 0 aliphatic rings. The van der Waals surface area contributed by atoms with E-state index in [1.807, 2.05) is 19.9 Å². The summed E-state index contributed by atoms with van der Waals surface area (Å²) < 4.78 is 5.00. The van der Waals surface area contributed by atoms with Crippen LogP contribution in [0.2, 0.25) is 10.0 Å². The largest absolute Gasteiger partial charge is 0.451 e. The number of nitrogens with one attached hydrogen (secondary N) is 1. The highest BCUT2D eigenvalue weighted by molar-refractivity contribution is 7.13. The molecule has 0 aliphatic carbocycles. The van der Waals surface area contributed by atoms with Gasteiger partial charge in [0.1, 0.15) is 4.88 Å². The van der Waals surface area contributed by atoms with Gasteiger partial charge in [0.05, 0.1) is 16.1 Å². The van der Waals surface area contributed by atoms with Gasteiger partial charge in [-0.25, -0.2) is 4.79 Å². The lowest BCUT2D eigenvalue weighted by molar-refractivity contribution is -0.124. The Labute approximate surface area is 148 Å². The maximum absolute atomic E-state index is 11.9. The van der Waals surface area contributed by atoms with Crippen molar-refractivity contribution < 1.29 is 14.3 Å². The highest BCUT2D eigenvalue weighted by Gasteiger charge is 2.14. The van der Waals surface area contributed by atoms with Crippen molar-refractivity contribution in [2.45, 2.75) is 19.9 Å². The minimum atomic E-state index is -0.500. The molecule has 0 saturated carbocycles. The summed E-state index contributed by atoms with van der Waals surface area (Å²) in [7, 11) is 0. The van der Waals surface area contributed by atoms with Gasteiger partial charge < -0.3 is 10.1 Å². The van der Waals surface area contributed by atoms with Gasteiger partial charge in [-0.1, -0.05) is 29.3 Å². The summed E-state index contributed by atoms with van der Waals surface area (Å²) in [5.74, 6) is -0.884. The van der Waals surface area contributed by atoms with E-state index in [1.165, 1.54) is 11.3 Å². The summed E-state index contributed by atoms with van der Waals surface area (Å²) in [6.07, 6.45) is 0. The summed E-state index contributed by atoms with van der Waals surface area (Å²) >= 11 is 13.1. The molecule has 0 aliphatic heterocycles. The fraction of sp³-hybridized carbons (Fsp3) is 0.250. The standard InChI is InChI=1S/C16H15Cl2NO3S/c1-9-3-6-14(23-9)16(21)22-8-15(20)19-10(2)11-4-5-12(17)13(18)7-11/h3-7,10H,8H2,1-2H3,(H,19,20)/t10-/m1/s1. The number of carbonyl (C=O) groups excluding carboxylic acids is 2. The lowest BCUT2D eigenvalue weighted by Gasteiger charge is -2.15. The first-order chi connectivity index (χ1) is 10.9. The van der Waals surface area contributed by atoms with Gasteiger partial charge in [0.2, 0.25) is 0 Å². The zero-order chi connectivity index (χ0) is 17.0. The Balaban J connectivity index is 1.86. The van der Waals surface area contributed by atoms with E-state index in [9.17, 15) is 9.59 Å². The van der Waals surface area contributed by atoms with Gasteiger partial charge in [-0.3, -0.25) is 4.79 Å². The summed E-state index contributed by atoms with van der Waals surface area (Å²) in [6, 6.07) is 8.36. The second kappa shape index (κ2) is 7.81. The first-order valence-electron chi connectivity index (χ1n) is 6.84. The van der Waals surface area contributed by atoms with Gasteiger partial charge >= 0.3 is 5.97 Å². The molecule has 0 radical (unpaired) electrons. The van der Waals surface area contributed by atoms with Crippen LogP contribution in [-0.2, 0) is 9.53 Å². The molecule has 23 heavy (non-hydrogen) atoms. The average molecular weight is 372 g/mol. The van der Waals surface area contributed by atoms with Gasteiger partial charge in [-0.05, 0) is 43.7 Å². The number of halogens is 2. The van der Waals surface area contributed by atoms with Gasteiger partial charge in [0.25, 0.3) is 5.91 Å². The molecule has 0 bridgehead atoms. The van der Waals surface area contributed by atoms with Crippen molar-refractivity contribution in [3.63, 3.8) is 0 Å². The number of rotatable bonds is 5. The molecule has 7 heteroatoms. The molecule has 0 spiro atoms. The van der Waals surface area contributed by atoms with E-state index in [2.05, 4.69) is 5.32 Å². The molecule has 2 aromatic rings. The van der Waals surface area contributed by atoms with Crippen LogP contribution in [0.5, 0.6) is 0 Å². The van der Waals surface area contributed by atoms with Crippen LogP contribution in [0.4, 0.5) is 0 Å². The Bertz CT molecular complexity index is 730. The molecule has 1 aromatic heterocycles. The van der Waals surface area contributed by atoms with E-state index in [-0.39, 0.29) is 18.6 Å². The van der Waals surface area contributed by atoms with E-state index in [0.717, 1.165) is 10.4 Å². The maximum atomic E-state index is 11.9. The van der Waals surface area contributed by atoms with Crippen LogP contribution in [0.25, 0.3) is 0 Å². The van der Waals surface area contributed by atoms with Gasteiger partial charge in [-0.2, -0.15) is 0 Å². The first kappa shape index (κ1) is 17.8. The third-order valence-corrected chi connectivity index (χ3v) is 4.82. The predicted molar refractivity (Wildman–Crippen MR) is 92.4 cm³/mol. The second-order valence-electron chi connectivity index (χ2n) is 4.95. The van der Waals surface area contributed by atoms with Gasteiger partial charge in [0, 0.05) is 4.88 Å². The number of ether oxygens (including phenoxy) is 1. The summed E-state index contributed by atoms with van der Waals surface area (Å²) in [5.41, 5.74) is 0.813. The molecule has 0 saturated heterocycles. The van der Waals surface area contributed by atoms with Crippen molar-refractivity contribution in [3.05, 3.63) is 55.7 Å². The molecule has 4 nitrogen and oxygen atoms in total. The van der Waals surface area contributed by atoms with Crippen LogP contribution in [-0.4, -0.2) is 18.5 Å². The van der Waals surface area contributed by atoms with Crippen LogP contribution < -0.4 is 5.32 Å². The normalized spacial score (nSPS) is 11.8. The quantitative estimate of drug-likeness (QED) is 0.792. The summed E-state index contributed by atoms with van der Waals surface area (Å²) in [6.45, 7) is 3.37. The Kier molecular flexibility index (Phi) is 6.04. The molecule has 0 fully saturated rings. The molecule has 1 atom stereocenters. The average Bonchev–Trinajstić information content (AvgIpc) is 2.94. The summed E-state index contributed by atoms with van der Waals surface area (Å²) in [5, 5.41) is 3.61. The van der Waals surface area contributed by atoms with Crippen LogP contribution in [0.15, 0.2) is 30.3 Å². The molecular formula is C16H15Cl2NO3S. The van der Waals surface area contributed by atoms with Crippen molar-refractivity contribution in [3.8, 4) is 0 Å². The maximum Gasteiger partial charge on any atom is 0.348 e. The van der Waals surface area contributed by atoms with Crippen molar-refractivity contribution in [2.24, 2.45) is 0 Å². The third-order valence-electron chi connectivity index (χ3n) is 3.10. The van der Waals surface area contributed by atoms with E-state index in [1.54, 1.807) is 24.3 Å². The predicted octanol–water partition coefficient (Wildman–Crippen LogP) is 4.40. The number of carbonyl (C=O) groups is 2. The number of aryl methyl sites for hydroxylation is 1. The van der Waals surface area contributed by atoms with Gasteiger partial charge in [0.15, 0.2) is 6.61 Å². The number of esters is 1. The van der Waals surface area contributed by atoms with Gasteiger partial charge in [-0.15, -0.1) is 11.3 Å². The molecule has 2 rings (SSSR count). The molecule has 1 amide bonds. The molecule has 122 valence electrons. The van der Waals surface area contributed by atoms with Crippen LogP contribution >= 0.6 is 34.5 Å². The number of hydrogen-bond donors (Lipinski definition) is 1. The molecular weight excluding hydrogens is 357 g/mol. The van der Waals surface area contributed by atoms with E-state index < -0.39 is 5.97 Å². The minimum absolute atomic E-state index is 0.278. The number of amides is 1. The number of thiophene rings is 1. The first-order valence-corrected chi connectivity index (χ1v) is 8.42. The Morgan fingerprint density at radius 1 is 1.22 bits per heavy atom. The lowest BCUT2D eigenvalue weighted by atomic mass is 10.1. The van der Waals surface area contributed by atoms with Crippen molar-refractivity contribution in [1.29, 1.82) is 0 Å². The molecule has 1 N–H and O–H groups in total. The zero-order valence-corrected chi connectivity index (χ0v) is 14.9. The fourth-order valence-electron chi connectivity index (χ4n) is 1.89. The monoisotopic (exact) mass is 371 g/mol.